The van der Waals surface area contributed by atoms with Crippen LogP contribution in [0.1, 0.15) is 23.9 Å². The van der Waals surface area contributed by atoms with E-state index in [0.717, 1.165) is 0 Å². The van der Waals surface area contributed by atoms with Gasteiger partial charge in [0.1, 0.15) is 0 Å². The third kappa shape index (κ3) is 4.31. The molecule has 7 nitrogen and oxygen atoms in total. The number of carbonyl (C=O) groups excluding carboxylic acids is 2. The standard InChI is InChI=1S/C12H14BrNO6S/c1-12(4-5-21(17,18)7-12)14-10(15)6-19-11(16)8-2-3-9(13)20-8/h2-3H,4-7H2,1H3,(H,14,15). The first-order chi connectivity index (χ1) is 9.69. The van der Waals surface area contributed by atoms with Crippen LogP contribution in [-0.4, -0.2) is 43.9 Å². The Morgan fingerprint density at radius 3 is 2.71 bits per heavy atom. The maximum absolute atomic E-state index is 11.7. The zero-order valence-corrected chi connectivity index (χ0v) is 13.6. The van der Waals surface area contributed by atoms with Gasteiger partial charge in [-0.1, -0.05) is 0 Å². The average Bonchev–Trinajstić information content (AvgIpc) is 2.90. The van der Waals surface area contributed by atoms with Gasteiger partial charge in [-0.3, -0.25) is 4.79 Å². The van der Waals surface area contributed by atoms with E-state index in [9.17, 15) is 18.0 Å². The summed E-state index contributed by atoms with van der Waals surface area (Å²) in [7, 11) is -3.11. The van der Waals surface area contributed by atoms with Crippen molar-refractivity contribution >= 4 is 37.6 Å². The predicted octanol–water partition coefficient (Wildman–Crippen LogP) is 0.892. The van der Waals surface area contributed by atoms with Crippen molar-refractivity contribution in [2.75, 3.05) is 18.1 Å². The highest BCUT2D eigenvalue weighted by molar-refractivity contribution is 9.10. The van der Waals surface area contributed by atoms with Crippen LogP contribution in [0.5, 0.6) is 0 Å². The van der Waals surface area contributed by atoms with Gasteiger partial charge in [-0.15, -0.1) is 0 Å². The molecule has 1 N–H and O–H groups in total. The van der Waals surface area contributed by atoms with Gasteiger partial charge in [-0.25, -0.2) is 13.2 Å². The number of rotatable bonds is 4. The fourth-order valence-electron chi connectivity index (χ4n) is 2.11. The lowest BCUT2D eigenvalue weighted by molar-refractivity contribution is -0.125. The van der Waals surface area contributed by atoms with Crippen molar-refractivity contribution in [1.29, 1.82) is 0 Å². The Kier molecular flexibility index (Phi) is 4.43. The largest absolute Gasteiger partial charge is 0.450 e. The Morgan fingerprint density at radius 1 is 1.48 bits per heavy atom. The third-order valence-electron chi connectivity index (χ3n) is 3.05. The van der Waals surface area contributed by atoms with Crippen LogP contribution in [0.4, 0.5) is 0 Å². The molecule has 116 valence electrons. The molecule has 0 aliphatic carbocycles. The molecule has 9 heteroatoms. The molecule has 1 saturated heterocycles. The van der Waals surface area contributed by atoms with E-state index in [1.54, 1.807) is 6.92 Å². The number of carbonyl (C=O) groups is 2. The molecule has 1 aromatic heterocycles. The minimum absolute atomic E-state index is 0.0238. The molecule has 0 aromatic carbocycles. The van der Waals surface area contributed by atoms with Gasteiger partial charge in [0.25, 0.3) is 5.91 Å². The zero-order valence-electron chi connectivity index (χ0n) is 11.2. The smallest absolute Gasteiger partial charge is 0.374 e. The molecule has 1 aromatic rings. The van der Waals surface area contributed by atoms with Crippen molar-refractivity contribution in [3.8, 4) is 0 Å². The second-order valence-electron chi connectivity index (χ2n) is 5.13. The Balaban J connectivity index is 1.84. The minimum Gasteiger partial charge on any atom is -0.450 e. The van der Waals surface area contributed by atoms with Crippen molar-refractivity contribution in [3.05, 3.63) is 22.6 Å². The van der Waals surface area contributed by atoms with Crippen molar-refractivity contribution in [3.63, 3.8) is 0 Å². The van der Waals surface area contributed by atoms with E-state index in [4.69, 9.17) is 9.15 Å². The summed E-state index contributed by atoms with van der Waals surface area (Å²) in [5, 5.41) is 2.59. The molecule has 1 fully saturated rings. The molecule has 0 saturated carbocycles. The van der Waals surface area contributed by atoms with Gasteiger partial charge in [0.2, 0.25) is 5.76 Å². The third-order valence-corrected chi connectivity index (χ3v) is 5.38. The van der Waals surface area contributed by atoms with Crippen LogP contribution in [0.2, 0.25) is 0 Å². The molecule has 1 aliphatic rings. The van der Waals surface area contributed by atoms with Crippen molar-refractivity contribution in [1.82, 2.24) is 5.32 Å². The van der Waals surface area contributed by atoms with Crippen LogP contribution in [0.25, 0.3) is 0 Å². The van der Waals surface area contributed by atoms with Gasteiger partial charge in [-0.2, -0.15) is 0 Å². The normalized spacial score (nSPS) is 23.7. The molecule has 21 heavy (non-hydrogen) atoms. The minimum atomic E-state index is -3.11. The van der Waals surface area contributed by atoms with Crippen LogP contribution in [0.15, 0.2) is 21.2 Å². The topological polar surface area (TPSA) is 103 Å². The molecule has 2 heterocycles. The summed E-state index contributed by atoms with van der Waals surface area (Å²) < 4.78 is 33.0. The second kappa shape index (κ2) is 5.80. The maximum Gasteiger partial charge on any atom is 0.374 e. The first-order valence-corrected chi connectivity index (χ1v) is 8.74. The monoisotopic (exact) mass is 379 g/mol. The van der Waals surface area contributed by atoms with Crippen LogP contribution in [0.3, 0.4) is 0 Å². The zero-order chi connectivity index (χ0) is 15.7. The molecule has 0 bridgehead atoms. The fourth-order valence-corrected chi connectivity index (χ4v) is 4.51. The number of furan rings is 1. The lowest BCUT2D eigenvalue weighted by Gasteiger charge is -2.23. The Morgan fingerprint density at radius 2 is 2.19 bits per heavy atom. The van der Waals surface area contributed by atoms with Crippen LogP contribution in [-0.2, 0) is 19.4 Å². The quantitative estimate of drug-likeness (QED) is 0.779. The molecule has 1 atom stereocenters. The first-order valence-electron chi connectivity index (χ1n) is 6.13. The van der Waals surface area contributed by atoms with Gasteiger partial charge in [-0.05, 0) is 41.4 Å². The SMILES string of the molecule is CC1(NC(=O)COC(=O)c2ccc(Br)o2)CCS(=O)(=O)C1. The summed E-state index contributed by atoms with van der Waals surface area (Å²) in [5.74, 6) is -1.40. The Labute approximate surface area is 130 Å². The molecule has 0 radical (unpaired) electrons. The lowest BCUT2D eigenvalue weighted by atomic mass is 10.0. The van der Waals surface area contributed by atoms with Crippen molar-refractivity contribution in [2.45, 2.75) is 18.9 Å². The molecular formula is C12H14BrNO6S. The highest BCUT2D eigenvalue weighted by Crippen LogP contribution is 2.22. The highest BCUT2D eigenvalue weighted by Gasteiger charge is 2.39. The average molecular weight is 380 g/mol. The summed E-state index contributed by atoms with van der Waals surface area (Å²) in [4.78, 5) is 23.3. The van der Waals surface area contributed by atoms with Gasteiger partial charge in [0.15, 0.2) is 21.1 Å². The maximum atomic E-state index is 11.7. The molecule has 1 unspecified atom stereocenters. The summed E-state index contributed by atoms with van der Waals surface area (Å²) in [6.45, 7) is 1.16. The van der Waals surface area contributed by atoms with Crippen LogP contribution in [0, 0.1) is 0 Å². The van der Waals surface area contributed by atoms with E-state index < -0.39 is 33.9 Å². The van der Waals surface area contributed by atoms with Gasteiger partial charge in [0, 0.05) is 0 Å². The molecule has 1 aliphatic heterocycles. The molecular weight excluding hydrogens is 366 g/mol. The van der Waals surface area contributed by atoms with Crippen LogP contribution >= 0.6 is 15.9 Å². The van der Waals surface area contributed by atoms with Gasteiger partial charge < -0.3 is 14.5 Å². The Bertz CT molecular complexity index is 667. The second-order valence-corrected chi connectivity index (χ2v) is 8.10. The van der Waals surface area contributed by atoms with Gasteiger partial charge >= 0.3 is 5.97 Å². The number of esters is 1. The van der Waals surface area contributed by atoms with Crippen LogP contribution < -0.4 is 5.32 Å². The predicted molar refractivity (Wildman–Crippen MR) is 76.5 cm³/mol. The lowest BCUT2D eigenvalue weighted by Crippen LogP contribution is -2.48. The summed E-state index contributed by atoms with van der Waals surface area (Å²) in [6.07, 6.45) is 0.347. The summed E-state index contributed by atoms with van der Waals surface area (Å²) in [5.41, 5.74) is -0.809. The Hall–Kier alpha value is -1.35. The number of ether oxygens (including phenoxy) is 1. The van der Waals surface area contributed by atoms with E-state index in [1.807, 2.05) is 0 Å². The number of halogens is 1. The number of sulfone groups is 1. The van der Waals surface area contributed by atoms with E-state index in [1.165, 1.54) is 12.1 Å². The fraction of sp³-hybridized carbons (Fsp3) is 0.500. The number of amides is 1. The van der Waals surface area contributed by atoms with E-state index in [0.29, 0.717) is 11.1 Å². The molecule has 0 spiro atoms. The van der Waals surface area contributed by atoms with E-state index in [-0.39, 0.29) is 17.3 Å². The number of hydrogen-bond acceptors (Lipinski definition) is 6. The highest BCUT2D eigenvalue weighted by atomic mass is 79.9. The van der Waals surface area contributed by atoms with Gasteiger partial charge in [0.05, 0.1) is 17.0 Å². The first kappa shape index (κ1) is 16.0. The number of nitrogens with one attached hydrogen (secondary N) is 1. The van der Waals surface area contributed by atoms with Crippen molar-refractivity contribution in [2.24, 2.45) is 0 Å². The number of hydrogen-bond donors (Lipinski definition) is 1. The van der Waals surface area contributed by atoms with Crippen molar-refractivity contribution < 1.29 is 27.2 Å². The molecule has 2 rings (SSSR count). The summed E-state index contributed by atoms with van der Waals surface area (Å²) in [6, 6.07) is 2.94. The molecule has 1 amide bonds. The summed E-state index contributed by atoms with van der Waals surface area (Å²) >= 11 is 3.05. The van der Waals surface area contributed by atoms with E-state index in [2.05, 4.69) is 21.2 Å². The van der Waals surface area contributed by atoms with E-state index >= 15 is 0 Å².